The van der Waals surface area contributed by atoms with Crippen LogP contribution in [0.5, 0.6) is 0 Å². The Bertz CT molecular complexity index is 405. The second kappa shape index (κ2) is 12.1. The minimum Gasteiger partial charge on any atom is -0.480 e. The fourth-order valence-corrected chi connectivity index (χ4v) is 1.35. The lowest BCUT2D eigenvalue weighted by atomic mass is 10.1. The van der Waals surface area contributed by atoms with Gasteiger partial charge in [0.2, 0.25) is 0 Å². The Balaban J connectivity index is 0.000000361. The van der Waals surface area contributed by atoms with E-state index in [-0.39, 0.29) is 0 Å². The highest BCUT2D eigenvalue weighted by molar-refractivity contribution is 5.73. The number of allylic oxidation sites excluding steroid dienone is 1. The maximum absolute atomic E-state index is 10.1. The molecule has 0 bridgehead atoms. The molecule has 0 fully saturated rings. The second-order valence-corrected chi connectivity index (χ2v) is 4.14. The molecule has 0 spiro atoms. The molecule has 5 N–H and O–H groups in total. The van der Waals surface area contributed by atoms with Crippen LogP contribution in [-0.2, 0) is 9.59 Å². The first-order chi connectivity index (χ1) is 9.61. The van der Waals surface area contributed by atoms with E-state index in [1.54, 1.807) is 6.08 Å². The monoisotopic (exact) mass is 278 g/mol. The Morgan fingerprint density at radius 1 is 1.25 bits per heavy atom. The lowest BCUT2D eigenvalue weighted by Crippen LogP contribution is -2.29. The van der Waals surface area contributed by atoms with Crippen LogP contribution in [0.1, 0.15) is 24.8 Å². The molecule has 0 heterocycles. The second-order valence-electron chi connectivity index (χ2n) is 4.14. The van der Waals surface area contributed by atoms with Crippen molar-refractivity contribution >= 4 is 18.3 Å². The average molecular weight is 278 g/mol. The molecule has 0 saturated heterocycles. The number of rotatable bonds is 7. The molecule has 0 unspecified atom stereocenters. The molecule has 0 aliphatic heterocycles. The summed E-state index contributed by atoms with van der Waals surface area (Å²) in [6.07, 6.45) is 6.19. The number of nitrogens with two attached hydrogens (primary N) is 2. The van der Waals surface area contributed by atoms with Gasteiger partial charge in [0.05, 0.1) is 0 Å². The van der Waals surface area contributed by atoms with Gasteiger partial charge in [-0.3, -0.25) is 9.59 Å². The van der Waals surface area contributed by atoms with Crippen molar-refractivity contribution in [2.24, 2.45) is 11.5 Å². The topological polar surface area (TPSA) is 106 Å². The molecular formula is C15H22N2O3. The summed E-state index contributed by atoms with van der Waals surface area (Å²) in [6.45, 7) is 0.604. The number of hydrogen-bond acceptors (Lipinski definition) is 4. The van der Waals surface area contributed by atoms with Crippen LogP contribution in [0.15, 0.2) is 36.4 Å². The molecule has 1 atom stereocenters. The van der Waals surface area contributed by atoms with Crippen LogP contribution in [0.3, 0.4) is 0 Å². The Kier molecular flexibility index (Phi) is 10.9. The zero-order chi connectivity index (χ0) is 15.2. The number of hydrogen-bond donors (Lipinski definition) is 3. The van der Waals surface area contributed by atoms with Crippen LogP contribution < -0.4 is 11.5 Å². The molecule has 1 rings (SSSR count). The van der Waals surface area contributed by atoms with Crippen LogP contribution in [0.4, 0.5) is 0 Å². The molecule has 1 aromatic carbocycles. The first-order valence-corrected chi connectivity index (χ1v) is 6.47. The summed E-state index contributed by atoms with van der Waals surface area (Å²) in [4.78, 5) is 20.0. The molecule has 1 aromatic rings. The zero-order valence-electron chi connectivity index (χ0n) is 11.4. The van der Waals surface area contributed by atoms with Gasteiger partial charge in [0.15, 0.2) is 0 Å². The van der Waals surface area contributed by atoms with Gasteiger partial charge in [0.25, 0.3) is 0 Å². The summed E-state index contributed by atoms with van der Waals surface area (Å²) >= 11 is 0. The molecule has 110 valence electrons. The van der Waals surface area contributed by atoms with Crippen molar-refractivity contribution in [2.45, 2.75) is 25.3 Å². The summed E-state index contributed by atoms with van der Waals surface area (Å²) in [5, 5.41) is 8.33. The molecule has 0 aromatic heterocycles. The van der Waals surface area contributed by atoms with Gasteiger partial charge in [-0.1, -0.05) is 42.8 Å². The summed E-state index contributed by atoms with van der Waals surface area (Å²) in [5.41, 5.74) is 11.5. The first-order valence-electron chi connectivity index (χ1n) is 6.47. The predicted molar refractivity (Wildman–Crippen MR) is 80.1 cm³/mol. The number of carbonyl (C=O) groups excluding carboxylic acids is 1. The minimum absolute atomic E-state index is 0.520. The molecule has 0 aliphatic rings. The third kappa shape index (κ3) is 9.99. The number of carboxylic acids is 1. The summed E-state index contributed by atoms with van der Waals surface area (Å²) in [5.74, 6) is -0.933. The molecule has 0 amide bonds. The van der Waals surface area contributed by atoms with Gasteiger partial charge in [-0.2, -0.15) is 0 Å². The lowest BCUT2D eigenvalue weighted by Gasteiger charge is -2.03. The van der Waals surface area contributed by atoms with E-state index in [4.69, 9.17) is 16.6 Å². The maximum atomic E-state index is 10.1. The van der Waals surface area contributed by atoms with Gasteiger partial charge in [-0.05, 0) is 31.0 Å². The van der Waals surface area contributed by atoms with Crippen LogP contribution in [0, 0.1) is 0 Å². The lowest BCUT2D eigenvalue weighted by molar-refractivity contribution is -0.138. The SMILES string of the molecule is NCCCC[C@H](N)C(=O)O.O=C/C=C/c1ccccc1. The Morgan fingerprint density at radius 3 is 2.40 bits per heavy atom. The summed E-state index contributed by atoms with van der Waals surface area (Å²) in [6, 6.07) is 8.99. The number of unbranched alkanes of at least 4 members (excludes halogenated alkanes) is 1. The molecule has 5 heteroatoms. The van der Waals surface area contributed by atoms with Gasteiger partial charge in [0, 0.05) is 0 Å². The third-order valence-electron chi connectivity index (χ3n) is 2.45. The predicted octanol–water partition coefficient (Wildman–Crippen LogP) is 1.43. The molecule has 0 aliphatic carbocycles. The Hall–Kier alpha value is -1.98. The van der Waals surface area contributed by atoms with Crippen molar-refractivity contribution in [1.29, 1.82) is 0 Å². The number of carbonyl (C=O) groups is 2. The standard InChI is InChI=1S/C9H8O.C6H14N2O2/c10-8-4-7-9-5-2-1-3-6-9;7-4-2-1-3-5(8)6(9)10/h1-8H;5H,1-4,7-8H2,(H,9,10)/b7-4+;/t;5-/m.0/s1. The quantitative estimate of drug-likeness (QED) is 0.397. The summed E-state index contributed by atoms with van der Waals surface area (Å²) in [7, 11) is 0. The number of aliphatic carboxylic acids is 1. The first kappa shape index (κ1) is 18.0. The van der Waals surface area contributed by atoms with Crippen molar-refractivity contribution in [1.82, 2.24) is 0 Å². The average Bonchev–Trinajstić information content (AvgIpc) is 2.47. The zero-order valence-corrected chi connectivity index (χ0v) is 11.4. The van der Waals surface area contributed by atoms with E-state index in [0.717, 1.165) is 24.7 Å². The highest BCUT2D eigenvalue weighted by Crippen LogP contribution is 1.99. The van der Waals surface area contributed by atoms with Gasteiger partial charge in [0.1, 0.15) is 12.3 Å². The van der Waals surface area contributed by atoms with Gasteiger partial charge in [-0.25, -0.2) is 0 Å². The van der Waals surface area contributed by atoms with Crippen molar-refractivity contribution < 1.29 is 14.7 Å². The fourth-order valence-electron chi connectivity index (χ4n) is 1.35. The van der Waals surface area contributed by atoms with E-state index in [1.165, 1.54) is 6.08 Å². The van der Waals surface area contributed by atoms with Crippen molar-refractivity contribution in [2.75, 3.05) is 6.54 Å². The fraction of sp³-hybridized carbons (Fsp3) is 0.333. The molecule has 5 nitrogen and oxygen atoms in total. The molecule has 20 heavy (non-hydrogen) atoms. The summed E-state index contributed by atoms with van der Waals surface area (Å²) < 4.78 is 0. The number of aldehydes is 1. The van der Waals surface area contributed by atoms with Crippen molar-refractivity contribution in [3.8, 4) is 0 Å². The highest BCUT2D eigenvalue weighted by Gasteiger charge is 2.09. The van der Waals surface area contributed by atoms with Crippen LogP contribution in [0.25, 0.3) is 6.08 Å². The van der Waals surface area contributed by atoms with Crippen molar-refractivity contribution in [3.63, 3.8) is 0 Å². The molecule has 0 radical (unpaired) electrons. The van der Waals surface area contributed by atoms with Gasteiger partial charge < -0.3 is 16.6 Å². The van der Waals surface area contributed by atoms with Crippen molar-refractivity contribution in [3.05, 3.63) is 42.0 Å². The minimum atomic E-state index is -0.933. The normalized spacial score (nSPS) is 11.5. The van der Waals surface area contributed by atoms with Crippen LogP contribution in [0.2, 0.25) is 0 Å². The number of carboxylic acid groups (broad SMARTS) is 1. The smallest absolute Gasteiger partial charge is 0.320 e. The third-order valence-corrected chi connectivity index (χ3v) is 2.45. The van der Waals surface area contributed by atoms with Gasteiger partial charge >= 0.3 is 5.97 Å². The molecule has 0 saturated carbocycles. The van der Waals surface area contributed by atoms with E-state index < -0.39 is 12.0 Å². The van der Waals surface area contributed by atoms with E-state index in [1.807, 2.05) is 30.3 Å². The van der Waals surface area contributed by atoms with E-state index >= 15 is 0 Å². The van der Waals surface area contributed by atoms with E-state index in [2.05, 4.69) is 0 Å². The molecular weight excluding hydrogens is 256 g/mol. The van der Waals surface area contributed by atoms with Gasteiger partial charge in [-0.15, -0.1) is 0 Å². The highest BCUT2D eigenvalue weighted by atomic mass is 16.4. The van der Waals surface area contributed by atoms with Crippen LogP contribution in [-0.4, -0.2) is 29.9 Å². The Morgan fingerprint density at radius 2 is 1.90 bits per heavy atom. The van der Waals surface area contributed by atoms with Crippen LogP contribution >= 0.6 is 0 Å². The largest absolute Gasteiger partial charge is 0.480 e. The van der Waals surface area contributed by atoms with E-state index in [0.29, 0.717) is 13.0 Å². The van der Waals surface area contributed by atoms with E-state index in [9.17, 15) is 9.59 Å². The number of benzene rings is 1. The Labute approximate surface area is 119 Å². The maximum Gasteiger partial charge on any atom is 0.320 e.